The first-order valence-electron chi connectivity index (χ1n) is 9.15. The summed E-state index contributed by atoms with van der Waals surface area (Å²) in [5.41, 5.74) is 0.654. The van der Waals surface area contributed by atoms with Gasteiger partial charge in [0.05, 0.1) is 5.92 Å². The lowest BCUT2D eigenvalue weighted by Crippen LogP contribution is -2.37. The van der Waals surface area contributed by atoms with Gasteiger partial charge in [-0.15, -0.1) is 0 Å². The van der Waals surface area contributed by atoms with Gasteiger partial charge in [-0.2, -0.15) is 0 Å². The van der Waals surface area contributed by atoms with E-state index in [4.69, 9.17) is 4.74 Å². The van der Waals surface area contributed by atoms with Crippen LogP contribution in [-0.2, 0) is 20.7 Å². The van der Waals surface area contributed by atoms with Crippen molar-refractivity contribution in [3.63, 3.8) is 0 Å². The van der Waals surface area contributed by atoms with Crippen molar-refractivity contribution in [3.8, 4) is 0 Å². The Morgan fingerprint density at radius 2 is 1.54 bits per heavy atom. The molecule has 6 heteroatoms. The summed E-state index contributed by atoms with van der Waals surface area (Å²) < 4.78 is 5.25. The van der Waals surface area contributed by atoms with Crippen LogP contribution in [0.15, 0.2) is 60.7 Å². The lowest BCUT2D eigenvalue weighted by Gasteiger charge is -2.25. The standard InChI is InChI=1S/C22H25NO5/c1-22(2,3)28-21(25)20(24)18(14-16-10-6-4-7-11-16)19(15-23(26)27)17-12-8-5-9-13-17/h4-13,18-19H,14-15H2,1-3H3/t18-,19+/m1/s1. The molecule has 0 radical (unpaired) electrons. The average Bonchev–Trinajstić information content (AvgIpc) is 2.64. The number of ketones is 1. The van der Waals surface area contributed by atoms with E-state index in [1.54, 1.807) is 51.1 Å². The van der Waals surface area contributed by atoms with E-state index in [0.717, 1.165) is 5.56 Å². The molecule has 0 aliphatic heterocycles. The van der Waals surface area contributed by atoms with Crippen molar-refractivity contribution in [2.75, 3.05) is 6.54 Å². The summed E-state index contributed by atoms with van der Waals surface area (Å²) in [5, 5.41) is 11.3. The summed E-state index contributed by atoms with van der Waals surface area (Å²) in [4.78, 5) is 36.4. The van der Waals surface area contributed by atoms with Crippen LogP contribution in [0.2, 0.25) is 0 Å². The number of hydrogen-bond acceptors (Lipinski definition) is 5. The molecule has 0 saturated carbocycles. The highest BCUT2D eigenvalue weighted by atomic mass is 16.6. The smallest absolute Gasteiger partial charge is 0.375 e. The van der Waals surface area contributed by atoms with Gasteiger partial charge in [-0.05, 0) is 38.3 Å². The van der Waals surface area contributed by atoms with E-state index in [-0.39, 0.29) is 6.42 Å². The fraction of sp³-hybridized carbons (Fsp3) is 0.364. The van der Waals surface area contributed by atoms with Crippen molar-refractivity contribution in [3.05, 3.63) is 81.9 Å². The van der Waals surface area contributed by atoms with E-state index >= 15 is 0 Å². The molecule has 0 N–H and O–H groups in total. The van der Waals surface area contributed by atoms with E-state index in [1.807, 2.05) is 30.3 Å². The number of carbonyl (C=O) groups is 2. The minimum Gasteiger partial charge on any atom is -0.454 e. The summed E-state index contributed by atoms with van der Waals surface area (Å²) in [7, 11) is 0. The number of nitrogens with zero attached hydrogens (tertiary/aromatic N) is 1. The first kappa shape index (κ1) is 21.3. The van der Waals surface area contributed by atoms with E-state index < -0.39 is 40.7 Å². The van der Waals surface area contributed by atoms with Gasteiger partial charge in [0.25, 0.3) is 0 Å². The zero-order valence-corrected chi connectivity index (χ0v) is 16.3. The van der Waals surface area contributed by atoms with Crippen molar-refractivity contribution < 1.29 is 19.2 Å². The highest BCUT2D eigenvalue weighted by molar-refractivity contribution is 6.34. The van der Waals surface area contributed by atoms with E-state index in [1.165, 1.54) is 0 Å². The Labute approximate surface area is 164 Å². The van der Waals surface area contributed by atoms with Crippen LogP contribution in [0.4, 0.5) is 0 Å². The van der Waals surface area contributed by atoms with Crippen molar-refractivity contribution in [2.45, 2.75) is 38.7 Å². The van der Waals surface area contributed by atoms with Gasteiger partial charge in [0.1, 0.15) is 5.60 Å². The third-order valence-corrected chi connectivity index (χ3v) is 4.29. The minimum absolute atomic E-state index is 0.215. The molecule has 148 valence electrons. The molecule has 0 saturated heterocycles. The molecule has 2 aromatic rings. The number of benzene rings is 2. The second kappa shape index (κ2) is 9.26. The fourth-order valence-corrected chi connectivity index (χ4v) is 3.09. The maximum atomic E-state index is 13.0. The zero-order valence-electron chi connectivity index (χ0n) is 16.3. The molecule has 0 aliphatic carbocycles. The van der Waals surface area contributed by atoms with Crippen molar-refractivity contribution >= 4 is 11.8 Å². The fourth-order valence-electron chi connectivity index (χ4n) is 3.09. The van der Waals surface area contributed by atoms with Gasteiger partial charge in [0, 0.05) is 10.8 Å². The van der Waals surface area contributed by atoms with Gasteiger partial charge in [0.15, 0.2) is 0 Å². The highest BCUT2D eigenvalue weighted by Crippen LogP contribution is 2.30. The van der Waals surface area contributed by atoms with Gasteiger partial charge in [-0.3, -0.25) is 14.9 Å². The van der Waals surface area contributed by atoms with E-state index in [9.17, 15) is 19.7 Å². The predicted molar refractivity (Wildman–Crippen MR) is 106 cm³/mol. The van der Waals surface area contributed by atoms with Gasteiger partial charge < -0.3 is 4.74 Å². The molecular formula is C22H25NO5. The molecule has 0 bridgehead atoms. The quantitative estimate of drug-likeness (QED) is 0.299. The molecule has 0 aromatic heterocycles. The van der Waals surface area contributed by atoms with Crippen LogP contribution in [-0.4, -0.2) is 28.8 Å². The Balaban J connectivity index is 2.43. The topological polar surface area (TPSA) is 86.5 Å². The largest absolute Gasteiger partial charge is 0.454 e. The SMILES string of the molecule is CC(C)(C)OC(=O)C(=O)[C@H](Cc1ccccc1)[C@@H](C[N+](=O)[O-])c1ccccc1. The number of ether oxygens (including phenoxy) is 1. The van der Waals surface area contributed by atoms with E-state index in [0.29, 0.717) is 5.56 Å². The second-order valence-corrected chi connectivity index (χ2v) is 7.69. The van der Waals surface area contributed by atoms with Crippen molar-refractivity contribution in [1.29, 1.82) is 0 Å². The number of carbonyl (C=O) groups excluding carboxylic acids is 2. The first-order chi connectivity index (χ1) is 13.2. The predicted octanol–water partition coefficient (Wildman–Crippen LogP) is 3.82. The molecule has 0 aliphatic rings. The Hall–Kier alpha value is -3.02. The number of nitro groups is 1. The van der Waals surface area contributed by atoms with E-state index in [2.05, 4.69) is 0 Å². The van der Waals surface area contributed by atoms with Crippen molar-refractivity contribution in [1.82, 2.24) is 0 Å². The van der Waals surface area contributed by atoms with Gasteiger partial charge >= 0.3 is 5.97 Å². The zero-order chi connectivity index (χ0) is 20.7. The number of Topliss-reactive ketones (excluding diaryl/α,β-unsaturated/α-hetero) is 1. The van der Waals surface area contributed by atoms with Gasteiger partial charge in [-0.25, -0.2) is 4.79 Å². The molecule has 2 atom stereocenters. The molecule has 0 unspecified atom stereocenters. The van der Waals surface area contributed by atoms with Crippen LogP contribution < -0.4 is 0 Å². The summed E-state index contributed by atoms with van der Waals surface area (Å²) in [6.45, 7) is 4.58. The summed E-state index contributed by atoms with van der Waals surface area (Å²) in [5.74, 6) is -3.34. The Bertz CT molecular complexity index is 812. The summed E-state index contributed by atoms with van der Waals surface area (Å²) >= 11 is 0. The average molecular weight is 383 g/mol. The monoisotopic (exact) mass is 383 g/mol. The third kappa shape index (κ3) is 6.30. The van der Waals surface area contributed by atoms with Crippen LogP contribution >= 0.6 is 0 Å². The molecule has 0 fully saturated rings. The minimum atomic E-state index is -0.960. The highest BCUT2D eigenvalue weighted by Gasteiger charge is 2.38. The molecule has 0 amide bonds. The molecule has 28 heavy (non-hydrogen) atoms. The molecule has 6 nitrogen and oxygen atoms in total. The maximum Gasteiger partial charge on any atom is 0.375 e. The Morgan fingerprint density at radius 1 is 1.00 bits per heavy atom. The number of esters is 1. The summed E-state index contributed by atoms with van der Waals surface area (Å²) in [6.07, 6.45) is 0.215. The molecule has 0 heterocycles. The molecular weight excluding hydrogens is 358 g/mol. The lowest BCUT2D eigenvalue weighted by atomic mass is 9.79. The van der Waals surface area contributed by atoms with Crippen LogP contribution in [0, 0.1) is 16.0 Å². The molecule has 2 rings (SSSR count). The molecule has 2 aromatic carbocycles. The van der Waals surface area contributed by atoms with Crippen LogP contribution in [0.25, 0.3) is 0 Å². The Kier molecular flexibility index (Phi) is 7.04. The number of hydrogen-bond donors (Lipinski definition) is 0. The normalized spacial score (nSPS) is 13.4. The van der Waals surface area contributed by atoms with Gasteiger partial charge in [-0.1, -0.05) is 60.7 Å². The first-order valence-corrected chi connectivity index (χ1v) is 9.15. The van der Waals surface area contributed by atoms with Crippen LogP contribution in [0.1, 0.15) is 37.8 Å². The van der Waals surface area contributed by atoms with Crippen LogP contribution in [0.3, 0.4) is 0 Å². The number of rotatable bonds is 8. The molecule has 0 spiro atoms. The van der Waals surface area contributed by atoms with Crippen LogP contribution in [0.5, 0.6) is 0 Å². The van der Waals surface area contributed by atoms with Crippen molar-refractivity contribution in [2.24, 2.45) is 5.92 Å². The third-order valence-electron chi connectivity index (χ3n) is 4.29. The second-order valence-electron chi connectivity index (χ2n) is 7.69. The maximum absolute atomic E-state index is 13.0. The lowest BCUT2D eigenvalue weighted by molar-refractivity contribution is -0.484. The van der Waals surface area contributed by atoms with Gasteiger partial charge in [0.2, 0.25) is 12.3 Å². The summed E-state index contributed by atoms with van der Waals surface area (Å²) in [6, 6.07) is 18.0. The Morgan fingerprint density at radius 3 is 2.04 bits per heavy atom.